The summed E-state index contributed by atoms with van der Waals surface area (Å²) >= 11 is 7.53. The zero-order valence-corrected chi connectivity index (χ0v) is 14.6. The normalized spacial score (nSPS) is 21.2. The SMILES string of the molecule is CCC1SCC(C(=O)NC(C)C)N1C(=O)c1ccc(Cl)cc1. The van der Waals surface area contributed by atoms with Crippen LogP contribution in [0.5, 0.6) is 0 Å². The number of amides is 2. The van der Waals surface area contributed by atoms with Crippen LogP contribution in [0, 0.1) is 0 Å². The van der Waals surface area contributed by atoms with Crippen LogP contribution in [-0.4, -0.2) is 39.9 Å². The first kappa shape index (κ1) is 17.2. The predicted molar refractivity (Wildman–Crippen MR) is 91.2 cm³/mol. The molecule has 120 valence electrons. The largest absolute Gasteiger partial charge is 0.352 e. The molecule has 6 heteroatoms. The summed E-state index contributed by atoms with van der Waals surface area (Å²) in [6.45, 7) is 5.87. The van der Waals surface area contributed by atoms with Crippen molar-refractivity contribution in [1.82, 2.24) is 10.2 Å². The molecule has 4 nitrogen and oxygen atoms in total. The van der Waals surface area contributed by atoms with E-state index in [2.05, 4.69) is 5.32 Å². The van der Waals surface area contributed by atoms with Crippen LogP contribution < -0.4 is 5.32 Å². The molecule has 0 spiro atoms. The van der Waals surface area contributed by atoms with Crippen molar-refractivity contribution < 1.29 is 9.59 Å². The first-order valence-corrected chi connectivity index (χ1v) is 8.87. The molecule has 2 atom stereocenters. The van der Waals surface area contributed by atoms with Crippen molar-refractivity contribution in [3.05, 3.63) is 34.9 Å². The van der Waals surface area contributed by atoms with Gasteiger partial charge in [0.05, 0.1) is 5.37 Å². The summed E-state index contributed by atoms with van der Waals surface area (Å²) in [5, 5.41) is 3.53. The molecule has 1 fully saturated rings. The third-order valence-corrected chi connectivity index (χ3v) is 5.21. The molecule has 0 saturated carbocycles. The second-order valence-electron chi connectivity index (χ2n) is 5.59. The van der Waals surface area contributed by atoms with Gasteiger partial charge in [-0.05, 0) is 44.5 Å². The van der Waals surface area contributed by atoms with Crippen LogP contribution in [0.3, 0.4) is 0 Å². The minimum absolute atomic E-state index is 0.0334. The number of hydrogen-bond donors (Lipinski definition) is 1. The second-order valence-corrected chi connectivity index (χ2v) is 7.24. The van der Waals surface area contributed by atoms with Crippen molar-refractivity contribution in [2.75, 3.05) is 5.75 Å². The lowest BCUT2D eigenvalue weighted by molar-refractivity contribution is -0.125. The molecule has 1 heterocycles. The van der Waals surface area contributed by atoms with E-state index in [-0.39, 0.29) is 23.2 Å². The van der Waals surface area contributed by atoms with Crippen LogP contribution in [0.1, 0.15) is 37.6 Å². The molecule has 1 aromatic rings. The predicted octanol–water partition coefficient (Wildman–Crippen LogP) is 3.16. The summed E-state index contributed by atoms with van der Waals surface area (Å²) in [6, 6.07) is 6.45. The van der Waals surface area contributed by atoms with Crippen molar-refractivity contribution in [3.8, 4) is 0 Å². The summed E-state index contributed by atoms with van der Waals surface area (Å²) in [7, 11) is 0. The van der Waals surface area contributed by atoms with Crippen LogP contribution in [0.4, 0.5) is 0 Å². The highest BCUT2D eigenvalue weighted by atomic mass is 35.5. The summed E-state index contributed by atoms with van der Waals surface area (Å²) in [5.74, 6) is 0.439. The molecule has 1 N–H and O–H groups in total. The Balaban J connectivity index is 2.23. The number of nitrogens with one attached hydrogen (secondary N) is 1. The van der Waals surface area contributed by atoms with Crippen LogP contribution in [0.25, 0.3) is 0 Å². The van der Waals surface area contributed by atoms with Gasteiger partial charge in [-0.1, -0.05) is 18.5 Å². The van der Waals surface area contributed by atoms with E-state index in [0.717, 1.165) is 6.42 Å². The highest BCUT2D eigenvalue weighted by Gasteiger charge is 2.41. The van der Waals surface area contributed by atoms with Gasteiger partial charge in [0.1, 0.15) is 6.04 Å². The maximum atomic E-state index is 12.8. The molecular formula is C16H21ClN2O2S. The van der Waals surface area contributed by atoms with Crippen molar-refractivity contribution in [2.45, 2.75) is 44.6 Å². The second kappa shape index (κ2) is 7.38. The standard InChI is InChI=1S/C16H21ClN2O2S/c1-4-14-19(13(9-22-14)15(20)18-10(2)3)16(21)11-5-7-12(17)8-6-11/h5-8,10,13-14H,4,9H2,1-3H3,(H,18,20). The lowest BCUT2D eigenvalue weighted by Gasteiger charge is -2.28. The maximum Gasteiger partial charge on any atom is 0.255 e. The van der Waals surface area contributed by atoms with Crippen LogP contribution in [-0.2, 0) is 4.79 Å². The highest BCUT2D eigenvalue weighted by molar-refractivity contribution is 8.00. The summed E-state index contributed by atoms with van der Waals surface area (Å²) in [5.41, 5.74) is 0.563. The molecule has 0 radical (unpaired) electrons. The summed E-state index contributed by atoms with van der Waals surface area (Å²) < 4.78 is 0. The fourth-order valence-corrected chi connectivity index (χ4v) is 3.96. The van der Waals surface area contributed by atoms with E-state index in [1.54, 1.807) is 40.9 Å². The fourth-order valence-electron chi connectivity index (χ4n) is 2.47. The molecule has 1 aromatic carbocycles. The van der Waals surface area contributed by atoms with Gasteiger partial charge in [-0.2, -0.15) is 0 Å². The van der Waals surface area contributed by atoms with Gasteiger partial charge in [0.15, 0.2) is 0 Å². The van der Waals surface area contributed by atoms with Crippen LogP contribution >= 0.6 is 23.4 Å². The molecule has 1 aliphatic heterocycles. The first-order valence-electron chi connectivity index (χ1n) is 7.44. The highest BCUT2D eigenvalue weighted by Crippen LogP contribution is 2.33. The summed E-state index contributed by atoms with van der Waals surface area (Å²) in [6.07, 6.45) is 0.815. The Morgan fingerprint density at radius 1 is 1.36 bits per heavy atom. The zero-order valence-electron chi connectivity index (χ0n) is 13.0. The Bertz CT molecular complexity index is 548. The number of thioether (sulfide) groups is 1. The average molecular weight is 341 g/mol. The van der Waals surface area contributed by atoms with Crippen molar-refractivity contribution in [3.63, 3.8) is 0 Å². The van der Waals surface area contributed by atoms with Gasteiger partial charge in [-0.25, -0.2) is 0 Å². The van der Waals surface area contributed by atoms with Crippen LogP contribution in [0.15, 0.2) is 24.3 Å². The minimum atomic E-state index is -0.416. The van der Waals surface area contributed by atoms with E-state index in [9.17, 15) is 9.59 Å². The smallest absolute Gasteiger partial charge is 0.255 e. The number of hydrogen-bond acceptors (Lipinski definition) is 3. The van der Waals surface area contributed by atoms with E-state index < -0.39 is 6.04 Å². The number of nitrogens with zero attached hydrogens (tertiary/aromatic N) is 1. The van der Waals surface area contributed by atoms with Crippen LogP contribution in [0.2, 0.25) is 5.02 Å². The first-order chi connectivity index (χ1) is 10.4. The van der Waals surface area contributed by atoms with Gasteiger partial charge in [-0.3, -0.25) is 9.59 Å². The molecule has 2 unspecified atom stereocenters. The van der Waals surface area contributed by atoms with E-state index in [1.165, 1.54) is 0 Å². The Labute approximate surface area is 140 Å². The van der Waals surface area contributed by atoms with Crippen molar-refractivity contribution >= 4 is 35.2 Å². The van der Waals surface area contributed by atoms with Crippen molar-refractivity contribution in [2.24, 2.45) is 0 Å². The Morgan fingerprint density at radius 2 is 2.00 bits per heavy atom. The van der Waals surface area contributed by atoms with Gasteiger partial charge in [-0.15, -0.1) is 11.8 Å². The average Bonchev–Trinajstić information content (AvgIpc) is 2.90. The maximum absolute atomic E-state index is 12.8. The molecule has 2 amide bonds. The minimum Gasteiger partial charge on any atom is -0.352 e. The number of benzene rings is 1. The zero-order chi connectivity index (χ0) is 16.3. The van der Waals surface area contributed by atoms with E-state index >= 15 is 0 Å². The van der Waals surface area contributed by atoms with Crippen molar-refractivity contribution in [1.29, 1.82) is 0 Å². The number of carbonyl (C=O) groups is 2. The van der Waals surface area contributed by atoms with Gasteiger partial charge in [0.2, 0.25) is 5.91 Å². The third kappa shape index (κ3) is 3.76. The van der Waals surface area contributed by atoms with Gasteiger partial charge in [0, 0.05) is 22.4 Å². The lowest BCUT2D eigenvalue weighted by atomic mass is 10.1. The van der Waals surface area contributed by atoms with Gasteiger partial charge < -0.3 is 10.2 Å². The van der Waals surface area contributed by atoms with Gasteiger partial charge in [0.25, 0.3) is 5.91 Å². The van der Waals surface area contributed by atoms with E-state index in [0.29, 0.717) is 16.3 Å². The molecule has 1 aliphatic rings. The molecule has 2 rings (SSSR count). The monoisotopic (exact) mass is 340 g/mol. The number of rotatable bonds is 4. The van der Waals surface area contributed by atoms with E-state index in [1.807, 2.05) is 20.8 Å². The van der Waals surface area contributed by atoms with Gasteiger partial charge >= 0.3 is 0 Å². The Hall–Kier alpha value is -1.20. The quantitative estimate of drug-likeness (QED) is 0.916. The molecule has 22 heavy (non-hydrogen) atoms. The third-order valence-electron chi connectivity index (χ3n) is 3.50. The molecule has 0 bridgehead atoms. The number of halogens is 1. The number of carbonyl (C=O) groups excluding carboxylic acids is 2. The molecule has 0 aliphatic carbocycles. The van der Waals surface area contributed by atoms with E-state index in [4.69, 9.17) is 11.6 Å². The topological polar surface area (TPSA) is 49.4 Å². The molecular weight excluding hydrogens is 320 g/mol. The summed E-state index contributed by atoms with van der Waals surface area (Å²) in [4.78, 5) is 26.9. The fraction of sp³-hybridized carbons (Fsp3) is 0.500. The Kier molecular flexibility index (Phi) is 5.75. The Morgan fingerprint density at radius 3 is 2.55 bits per heavy atom. The molecule has 0 aromatic heterocycles. The molecule has 1 saturated heterocycles. The lowest BCUT2D eigenvalue weighted by Crippen LogP contribution is -2.51.